The average Bonchev–Trinajstić information content (AvgIpc) is 2.49. The summed E-state index contributed by atoms with van der Waals surface area (Å²) in [6.07, 6.45) is 2.40. The van der Waals surface area contributed by atoms with Crippen LogP contribution < -0.4 is 10.0 Å². The maximum Gasteiger partial charge on any atom is 0.0575 e. The smallest absolute Gasteiger partial charge is 0.0575 e. The van der Waals surface area contributed by atoms with Crippen LogP contribution in [0.5, 0.6) is 0 Å². The predicted octanol–water partition coefficient (Wildman–Crippen LogP) is 5.02. The Morgan fingerprint density at radius 1 is 0.600 bits per heavy atom. The van der Waals surface area contributed by atoms with Crippen molar-refractivity contribution in [2.45, 2.75) is 12.8 Å². The zero-order valence-corrected chi connectivity index (χ0v) is 12.6. The first-order chi connectivity index (χ1) is 9.74. The summed E-state index contributed by atoms with van der Waals surface area (Å²) in [4.78, 5) is 0. The third-order valence-corrected chi connectivity index (χ3v) is 4.03. The van der Waals surface area contributed by atoms with E-state index in [1.807, 2.05) is 24.3 Å². The molecule has 1 heterocycles. The van der Waals surface area contributed by atoms with Crippen molar-refractivity contribution in [3.05, 3.63) is 58.6 Å². The maximum absolute atomic E-state index is 5.97. The molecule has 104 valence electrons. The number of rotatable bonds is 2. The molecule has 0 bridgehead atoms. The molecule has 1 fully saturated rings. The molecule has 0 aromatic heterocycles. The summed E-state index contributed by atoms with van der Waals surface area (Å²) in [5.41, 5.74) is 2.34. The lowest BCUT2D eigenvalue weighted by Crippen LogP contribution is -2.47. The highest BCUT2D eigenvalue weighted by Gasteiger charge is 2.20. The Hall–Kier alpha value is -1.38. The number of halogens is 2. The van der Waals surface area contributed by atoms with Crippen molar-refractivity contribution in [2.75, 3.05) is 23.1 Å². The molecule has 1 aliphatic heterocycles. The molecule has 1 saturated heterocycles. The first-order valence-corrected chi connectivity index (χ1v) is 7.56. The van der Waals surface area contributed by atoms with E-state index in [1.54, 1.807) is 0 Å². The minimum Gasteiger partial charge on any atom is -0.285 e. The van der Waals surface area contributed by atoms with Crippen LogP contribution in [-0.4, -0.2) is 13.1 Å². The Kier molecular flexibility index (Phi) is 4.04. The highest BCUT2D eigenvalue weighted by Crippen LogP contribution is 2.28. The molecule has 0 radical (unpaired) electrons. The summed E-state index contributed by atoms with van der Waals surface area (Å²) in [5, 5.41) is 6.15. The lowest BCUT2D eigenvalue weighted by molar-refractivity contribution is 0.575. The highest BCUT2D eigenvalue weighted by molar-refractivity contribution is 6.30. The fraction of sp³-hybridized carbons (Fsp3) is 0.250. The van der Waals surface area contributed by atoms with Crippen molar-refractivity contribution in [3.63, 3.8) is 0 Å². The van der Waals surface area contributed by atoms with Crippen molar-refractivity contribution in [1.82, 2.24) is 0 Å². The zero-order valence-electron chi connectivity index (χ0n) is 11.1. The van der Waals surface area contributed by atoms with Gasteiger partial charge < -0.3 is 0 Å². The first kappa shape index (κ1) is 13.6. The quantitative estimate of drug-likeness (QED) is 0.769. The Balaban J connectivity index is 1.90. The van der Waals surface area contributed by atoms with Crippen LogP contribution in [0.15, 0.2) is 48.5 Å². The average molecular weight is 307 g/mol. The fourth-order valence-electron chi connectivity index (χ4n) is 2.53. The lowest BCUT2D eigenvalue weighted by atomic mass is 10.2. The number of benzene rings is 2. The molecule has 0 amide bonds. The van der Waals surface area contributed by atoms with Crippen molar-refractivity contribution >= 4 is 34.6 Å². The Morgan fingerprint density at radius 3 is 1.30 bits per heavy atom. The van der Waals surface area contributed by atoms with Crippen LogP contribution in [0, 0.1) is 0 Å². The molecule has 3 rings (SSSR count). The normalized spacial score (nSPS) is 15.5. The molecule has 2 aromatic carbocycles. The van der Waals surface area contributed by atoms with E-state index in [0.717, 1.165) is 23.1 Å². The van der Waals surface area contributed by atoms with Gasteiger partial charge in [-0.3, -0.25) is 10.0 Å². The van der Waals surface area contributed by atoms with E-state index >= 15 is 0 Å². The minimum atomic E-state index is 0.767. The van der Waals surface area contributed by atoms with Gasteiger partial charge in [-0.2, -0.15) is 0 Å². The van der Waals surface area contributed by atoms with Gasteiger partial charge in [-0.05, 0) is 61.4 Å². The van der Waals surface area contributed by atoms with Crippen molar-refractivity contribution in [3.8, 4) is 0 Å². The third-order valence-electron chi connectivity index (χ3n) is 3.53. The van der Waals surface area contributed by atoms with E-state index in [-0.39, 0.29) is 0 Å². The Morgan fingerprint density at radius 2 is 0.950 bits per heavy atom. The Labute approximate surface area is 129 Å². The van der Waals surface area contributed by atoms with E-state index in [9.17, 15) is 0 Å². The van der Waals surface area contributed by atoms with E-state index in [2.05, 4.69) is 34.3 Å². The van der Waals surface area contributed by atoms with E-state index in [4.69, 9.17) is 23.2 Å². The molecule has 4 heteroatoms. The lowest BCUT2D eigenvalue weighted by Gasteiger charge is -2.41. The second-order valence-electron chi connectivity index (χ2n) is 4.91. The van der Waals surface area contributed by atoms with Crippen molar-refractivity contribution < 1.29 is 0 Å². The van der Waals surface area contributed by atoms with E-state index in [0.29, 0.717) is 0 Å². The summed E-state index contributed by atoms with van der Waals surface area (Å²) in [7, 11) is 0. The van der Waals surface area contributed by atoms with Crippen LogP contribution >= 0.6 is 23.2 Å². The summed E-state index contributed by atoms with van der Waals surface area (Å²) >= 11 is 11.9. The standard InChI is InChI=1S/C16H16Cl2N2/c17-13-3-7-15(8-4-13)19-11-1-2-12-20(19)16-9-5-14(18)6-10-16/h3-10H,1-2,11-12H2. The summed E-state index contributed by atoms with van der Waals surface area (Å²) < 4.78 is 0. The number of anilines is 2. The van der Waals surface area contributed by atoms with Crippen LogP contribution in [0.3, 0.4) is 0 Å². The van der Waals surface area contributed by atoms with Crippen molar-refractivity contribution in [2.24, 2.45) is 0 Å². The number of hydrogen-bond donors (Lipinski definition) is 0. The summed E-state index contributed by atoms with van der Waals surface area (Å²) in [5.74, 6) is 0. The molecule has 2 nitrogen and oxygen atoms in total. The zero-order chi connectivity index (χ0) is 13.9. The molecule has 0 N–H and O–H groups in total. The Bertz CT molecular complexity index is 513. The molecule has 20 heavy (non-hydrogen) atoms. The summed E-state index contributed by atoms with van der Waals surface area (Å²) in [6.45, 7) is 2.04. The van der Waals surface area contributed by atoms with Gasteiger partial charge in [0.1, 0.15) is 0 Å². The van der Waals surface area contributed by atoms with Gasteiger partial charge in [0.15, 0.2) is 0 Å². The second kappa shape index (κ2) is 5.94. The minimum absolute atomic E-state index is 0.767. The van der Waals surface area contributed by atoms with Gasteiger partial charge >= 0.3 is 0 Å². The molecule has 1 aliphatic rings. The van der Waals surface area contributed by atoms with Crippen LogP contribution in [0.1, 0.15) is 12.8 Å². The van der Waals surface area contributed by atoms with E-state index in [1.165, 1.54) is 24.2 Å². The van der Waals surface area contributed by atoms with Gasteiger partial charge in [-0.1, -0.05) is 23.2 Å². The topological polar surface area (TPSA) is 6.48 Å². The molecule has 0 atom stereocenters. The van der Waals surface area contributed by atoms with Crippen LogP contribution in [-0.2, 0) is 0 Å². The molecular weight excluding hydrogens is 291 g/mol. The first-order valence-electron chi connectivity index (χ1n) is 6.80. The predicted molar refractivity (Wildman–Crippen MR) is 86.8 cm³/mol. The van der Waals surface area contributed by atoms with Gasteiger partial charge in [-0.25, -0.2) is 0 Å². The molecule has 2 aromatic rings. The third kappa shape index (κ3) is 2.87. The molecule has 0 saturated carbocycles. The highest BCUT2D eigenvalue weighted by atomic mass is 35.5. The maximum atomic E-state index is 5.97. The van der Waals surface area contributed by atoms with Gasteiger partial charge in [-0.15, -0.1) is 0 Å². The van der Waals surface area contributed by atoms with Crippen LogP contribution in [0.2, 0.25) is 10.0 Å². The fourth-order valence-corrected chi connectivity index (χ4v) is 2.78. The summed E-state index contributed by atoms with van der Waals surface area (Å²) in [6, 6.07) is 16.0. The molecule has 0 aliphatic carbocycles. The SMILES string of the molecule is Clc1ccc(N2CCCCN2c2ccc(Cl)cc2)cc1. The van der Waals surface area contributed by atoms with E-state index < -0.39 is 0 Å². The monoisotopic (exact) mass is 306 g/mol. The van der Waals surface area contributed by atoms with Gasteiger partial charge in [0.25, 0.3) is 0 Å². The molecule has 0 unspecified atom stereocenters. The van der Waals surface area contributed by atoms with Gasteiger partial charge in [0.2, 0.25) is 0 Å². The number of nitrogens with zero attached hydrogens (tertiary/aromatic N) is 2. The van der Waals surface area contributed by atoms with Crippen LogP contribution in [0.25, 0.3) is 0 Å². The van der Waals surface area contributed by atoms with Gasteiger partial charge in [0.05, 0.1) is 11.4 Å². The molecule has 0 spiro atoms. The molecular formula is C16H16Cl2N2. The van der Waals surface area contributed by atoms with Gasteiger partial charge in [0, 0.05) is 23.1 Å². The van der Waals surface area contributed by atoms with Crippen LogP contribution in [0.4, 0.5) is 11.4 Å². The largest absolute Gasteiger partial charge is 0.285 e. The second-order valence-corrected chi connectivity index (χ2v) is 5.78. The van der Waals surface area contributed by atoms with Crippen molar-refractivity contribution in [1.29, 1.82) is 0 Å². The number of hydrazine groups is 1. The number of hydrogen-bond acceptors (Lipinski definition) is 2.